The zero-order valence-electron chi connectivity index (χ0n) is 24.2. The van der Waals surface area contributed by atoms with Crippen molar-refractivity contribution in [1.29, 1.82) is 0 Å². The minimum Gasteiger partial charge on any atom is -0.446 e. The van der Waals surface area contributed by atoms with Gasteiger partial charge in [0, 0.05) is 42.8 Å². The molecule has 5 rings (SSSR count). The SMILES string of the molecule is Cn1ncc2c1Nc1ccccc1N(C(=O)c1ccc(CNC(=O)OC3CCN(CCC(C)(C)C)CC3)c(Cl)c1)C2. The normalized spacial score (nSPS) is 15.9. The molecule has 0 saturated carbocycles. The van der Waals surface area contributed by atoms with Gasteiger partial charge in [-0.1, -0.05) is 50.6 Å². The third kappa shape index (κ3) is 7.02. The Morgan fingerprint density at radius 2 is 1.90 bits per heavy atom. The van der Waals surface area contributed by atoms with E-state index < -0.39 is 6.09 Å². The molecule has 0 bridgehead atoms. The fraction of sp³-hybridized carbons (Fsp3) is 0.452. The lowest BCUT2D eigenvalue weighted by atomic mass is 9.91. The molecule has 10 heteroatoms. The highest BCUT2D eigenvalue weighted by atomic mass is 35.5. The molecule has 2 aliphatic rings. The molecule has 2 amide bonds. The number of hydrogen-bond acceptors (Lipinski definition) is 6. The number of nitrogens with zero attached hydrogens (tertiary/aromatic N) is 4. The summed E-state index contributed by atoms with van der Waals surface area (Å²) in [5, 5.41) is 11.0. The van der Waals surface area contributed by atoms with E-state index in [4.69, 9.17) is 16.3 Å². The maximum absolute atomic E-state index is 13.7. The van der Waals surface area contributed by atoms with Gasteiger partial charge >= 0.3 is 6.09 Å². The fourth-order valence-electron chi connectivity index (χ4n) is 5.22. The molecule has 0 unspecified atom stereocenters. The van der Waals surface area contributed by atoms with Crippen LogP contribution in [0, 0.1) is 5.41 Å². The molecular weight excluding hydrogens is 540 g/mol. The van der Waals surface area contributed by atoms with Crippen LogP contribution in [0.25, 0.3) is 0 Å². The van der Waals surface area contributed by atoms with Crippen molar-refractivity contribution in [3.05, 3.63) is 70.4 Å². The number of aryl methyl sites for hydroxylation is 1. The van der Waals surface area contributed by atoms with Crippen LogP contribution < -0.4 is 15.5 Å². The highest BCUT2D eigenvalue weighted by Crippen LogP contribution is 2.36. The van der Waals surface area contributed by atoms with E-state index in [-0.39, 0.29) is 18.6 Å². The zero-order chi connectivity index (χ0) is 29.1. The topological polar surface area (TPSA) is 91.7 Å². The average molecular weight is 579 g/mol. The van der Waals surface area contributed by atoms with Gasteiger partial charge in [-0.25, -0.2) is 4.79 Å². The summed E-state index contributed by atoms with van der Waals surface area (Å²) in [6.07, 6.45) is 4.07. The van der Waals surface area contributed by atoms with Crippen LogP contribution in [0.3, 0.4) is 0 Å². The van der Waals surface area contributed by atoms with Gasteiger partial charge in [0.05, 0.1) is 24.1 Å². The summed E-state index contributed by atoms with van der Waals surface area (Å²) in [4.78, 5) is 30.4. The Hall–Kier alpha value is -3.56. The van der Waals surface area contributed by atoms with E-state index >= 15 is 0 Å². The lowest BCUT2D eigenvalue weighted by Gasteiger charge is -2.33. The Bertz CT molecular complexity index is 1410. The molecule has 2 aromatic carbocycles. The van der Waals surface area contributed by atoms with Gasteiger partial charge in [0.1, 0.15) is 11.9 Å². The number of benzene rings is 2. The number of hydrogen-bond donors (Lipinski definition) is 2. The van der Waals surface area contributed by atoms with Crippen LogP contribution >= 0.6 is 11.6 Å². The third-order valence-electron chi connectivity index (χ3n) is 7.75. The first-order valence-corrected chi connectivity index (χ1v) is 14.6. The van der Waals surface area contributed by atoms with Crippen molar-refractivity contribution in [2.75, 3.05) is 29.9 Å². The first-order valence-electron chi connectivity index (χ1n) is 14.2. The summed E-state index contributed by atoms with van der Waals surface area (Å²) in [7, 11) is 1.87. The molecule has 0 radical (unpaired) electrons. The largest absolute Gasteiger partial charge is 0.446 e. The number of anilines is 3. The number of amides is 2. The molecule has 2 N–H and O–H groups in total. The number of carbonyl (C=O) groups excluding carboxylic acids is 2. The van der Waals surface area contributed by atoms with Crippen LogP contribution in [-0.2, 0) is 24.9 Å². The van der Waals surface area contributed by atoms with Gasteiger partial charge < -0.3 is 25.2 Å². The molecular formula is C31H39ClN6O3. The minimum absolute atomic E-state index is 0.0809. The Morgan fingerprint density at radius 1 is 1.15 bits per heavy atom. The number of para-hydroxylation sites is 2. The number of alkyl carbamates (subject to hydrolysis) is 1. The van der Waals surface area contributed by atoms with Gasteiger partial charge in [-0.05, 0) is 61.1 Å². The van der Waals surface area contributed by atoms with E-state index in [1.54, 1.807) is 34.0 Å². The third-order valence-corrected chi connectivity index (χ3v) is 8.10. The molecule has 1 aromatic heterocycles. The van der Waals surface area contributed by atoms with E-state index in [0.717, 1.165) is 61.7 Å². The van der Waals surface area contributed by atoms with Crippen LogP contribution in [0.5, 0.6) is 0 Å². The highest BCUT2D eigenvalue weighted by molar-refractivity contribution is 6.32. The number of carbonyl (C=O) groups is 2. The lowest BCUT2D eigenvalue weighted by molar-refractivity contribution is 0.0479. The number of nitrogens with one attached hydrogen (secondary N) is 2. The van der Waals surface area contributed by atoms with Crippen molar-refractivity contribution in [2.24, 2.45) is 12.5 Å². The summed E-state index contributed by atoms with van der Waals surface area (Å²) in [6.45, 7) is 10.3. The summed E-state index contributed by atoms with van der Waals surface area (Å²) in [5.41, 5.74) is 4.01. The average Bonchev–Trinajstić information content (AvgIpc) is 3.18. The molecule has 1 saturated heterocycles. The molecule has 0 atom stereocenters. The number of piperidine rings is 1. The van der Waals surface area contributed by atoms with Gasteiger partial charge in [-0.2, -0.15) is 5.10 Å². The Morgan fingerprint density at radius 3 is 2.63 bits per heavy atom. The van der Waals surface area contributed by atoms with Gasteiger partial charge in [0.25, 0.3) is 5.91 Å². The quantitative estimate of drug-likeness (QED) is 0.367. The molecule has 1 fully saturated rings. The monoisotopic (exact) mass is 578 g/mol. The number of aromatic nitrogens is 2. The number of likely N-dealkylation sites (tertiary alicyclic amines) is 1. The van der Waals surface area contributed by atoms with Crippen molar-refractivity contribution < 1.29 is 14.3 Å². The molecule has 218 valence electrons. The van der Waals surface area contributed by atoms with Gasteiger partial charge in [-0.15, -0.1) is 0 Å². The number of halogens is 1. The second-order valence-corrected chi connectivity index (χ2v) is 12.5. The molecule has 0 aliphatic carbocycles. The Kier molecular flexibility index (Phi) is 8.56. The maximum atomic E-state index is 13.7. The maximum Gasteiger partial charge on any atom is 0.407 e. The van der Waals surface area contributed by atoms with Crippen LogP contribution in [0.4, 0.5) is 22.0 Å². The molecule has 41 heavy (non-hydrogen) atoms. The van der Waals surface area contributed by atoms with Crippen molar-refractivity contribution in [2.45, 2.75) is 59.2 Å². The standard InChI is InChI=1S/C31H39ClN6O3/c1-31(2,3)13-16-37-14-11-24(12-15-37)41-30(40)33-18-22-10-9-21(17-25(22)32)29(39)38-20-23-19-34-36(4)28(23)35-26-7-5-6-8-27(26)38/h5-10,17,19,24,35H,11-16,18,20H2,1-4H3,(H,33,40). The van der Waals surface area contributed by atoms with Gasteiger partial charge in [-0.3, -0.25) is 9.48 Å². The molecule has 3 aromatic rings. The van der Waals surface area contributed by atoms with Crippen LogP contribution in [0.15, 0.2) is 48.7 Å². The highest BCUT2D eigenvalue weighted by Gasteiger charge is 2.27. The minimum atomic E-state index is -0.449. The smallest absolute Gasteiger partial charge is 0.407 e. The number of fused-ring (bicyclic) bond motifs is 2. The van der Waals surface area contributed by atoms with Crippen LogP contribution in [0.2, 0.25) is 5.02 Å². The van der Waals surface area contributed by atoms with E-state index in [0.29, 0.717) is 28.1 Å². The predicted octanol–water partition coefficient (Wildman–Crippen LogP) is 6.10. The van der Waals surface area contributed by atoms with Crippen molar-refractivity contribution in [3.8, 4) is 0 Å². The van der Waals surface area contributed by atoms with Crippen LogP contribution in [-0.4, -0.2) is 52.4 Å². The zero-order valence-corrected chi connectivity index (χ0v) is 25.0. The molecule has 3 heterocycles. The Labute approximate surface area is 246 Å². The summed E-state index contributed by atoms with van der Waals surface area (Å²) in [6, 6.07) is 12.9. The first-order chi connectivity index (χ1) is 19.6. The number of rotatable bonds is 6. The van der Waals surface area contributed by atoms with Crippen LogP contribution in [0.1, 0.15) is 61.5 Å². The van der Waals surface area contributed by atoms with Gasteiger partial charge in [0.2, 0.25) is 0 Å². The summed E-state index contributed by atoms with van der Waals surface area (Å²) in [5.74, 6) is 0.677. The first kappa shape index (κ1) is 29.0. The van der Waals surface area contributed by atoms with E-state index in [1.807, 2.05) is 31.3 Å². The second kappa shape index (κ2) is 12.1. The summed E-state index contributed by atoms with van der Waals surface area (Å²) < 4.78 is 7.43. The number of ether oxygens (including phenoxy) is 1. The van der Waals surface area contributed by atoms with Crippen molar-refractivity contribution >= 4 is 40.8 Å². The molecule has 2 aliphatic heterocycles. The van der Waals surface area contributed by atoms with E-state index in [2.05, 4.69) is 41.4 Å². The van der Waals surface area contributed by atoms with Crippen molar-refractivity contribution in [1.82, 2.24) is 20.0 Å². The Balaban J connectivity index is 1.17. The second-order valence-electron chi connectivity index (χ2n) is 12.1. The molecule has 0 spiro atoms. The fourth-order valence-corrected chi connectivity index (χ4v) is 5.47. The van der Waals surface area contributed by atoms with E-state index in [1.165, 1.54) is 0 Å². The summed E-state index contributed by atoms with van der Waals surface area (Å²) >= 11 is 6.59. The van der Waals surface area contributed by atoms with Crippen molar-refractivity contribution in [3.63, 3.8) is 0 Å². The lowest BCUT2D eigenvalue weighted by Crippen LogP contribution is -2.40. The predicted molar refractivity (Wildman–Crippen MR) is 162 cm³/mol. The van der Waals surface area contributed by atoms with E-state index in [9.17, 15) is 9.59 Å². The molecule has 9 nitrogen and oxygen atoms in total. The van der Waals surface area contributed by atoms with Gasteiger partial charge in [0.15, 0.2) is 0 Å².